The van der Waals surface area contributed by atoms with Gasteiger partial charge in [0.1, 0.15) is 13.2 Å². The lowest BCUT2D eigenvalue weighted by Gasteiger charge is -2.35. The van der Waals surface area contributed by atoms with E-state index >= 15 is 0 Å². The molecule has 1 saturated carbocycles. The number of alkyl carbamates (subject to hydrolysis) is 1. The van der Waals surface area contributed by atoms with Crippen molar-refractivity contribution in [3.63, 3.8) is 0 Å². The van der Waals surface area contributed by atoms with Crippen LogP contribution in [0.25, 0.3) is 11.1 Å². The Labute approximate surface area is 206 Å². The predicted molar refractivity (Wildman–Crippen MR) is 133 cm³/mol. The highest BCUT2D eigenvalue weighted by atomic mass is 16.5. The van der Waals surface area contributed by atoms with E-state index in [1.807, 2.05) is 45.0 Å². The van der Waals surface area contributed by atoms with Crippen LogP contribution in [0.4, 0.5) is 4.79 Å². The van der Waals surface area contributed by atoms with Crippen LogP contribution in [0.3, 0.4) is 0 Å². The summed E-state index contributed by atoms with van der Waals surface area (Å²) in [5, 5.41) is 12.2. The minimum Gasteiger partial charge on any atom is -0.480 e. The maximum Gasteiger partial charge on any atom is 0.407 e. The molecule has 2 aliphatic carbocycles. The average Bonchev–Trinajstić information content (AvgIpc) is 3.37. The van der Waals surface area contributed by atoms with Crippen LogP contribution >= 0.6 is 0 Å². The first-order valence-corrected chi connectivity index (χ1v) is 12.3. The van der Waals surface area contributed by atoms with Crippen molar-refractivity contribution in [2.24, 2.45) is 5.92 Å². The van der Waals surface area contributed by atoms with E-state index in [4.69, 9.17) is 4.74 Å². The number of ether oxygens (including phenoxy) is 1. The lowest BCUT2D eigenvalue weighted by Crippen LogP contribution is -2.49. The van der Waals surface area contributed by atoms with E-state index in [1.54, 1.807) is 0 Å². The number of amides is 2. The van der Waals surface area contributed by atoms with Crippen LogP contribution < -0.4 is 5.32 Å². The van der Waals surface area contributed by atoms with E-state index in [-0.39, 0.29) is 43.4 Å². The van der Waals surface area contributed by atoms with E-state index in [0.29, 0.717) is 0 Å². The fraction of sp³-hybridized carbons (Fsp3) is 0.464. The van der Waals surface area contributed by atoms with Crippen molar-refractivity contribution in [3.05, 3.63) is 59.7 Å². The van der Waals surface area contributed by atoms with E-state index in [2.05, 4.69) is 29.6 Å². The third-order valence-electron chi connectivity index (χ3n) is 7.15. The zero-order valence-electron chi connectivity index (χ0n) is 20.6. The second kappa shape index (κ2) is 10.1. The molecule has 7 nitrogen and oxygen atoms in total. The number of carboxylic acid groups (broad SMARTS) is 1. The van der Waals surface area contributed by atoms with Gasteiger partial charge in [-0.15, -0.1) is 0 Å². The minimum absolute atomic E-state index is 0.00883. The largest absolute Gasteiger partial charge is 0.480 e. The molecule has 0 bridgehead atoms. The van der Waals surface area contributed by atoms with Gasteiger partial charge < -0.3 is 20.1 Å². The number of hydrogen-bond acceptors (Lipinski definition) is 4. The third-order valence-corrected chi connectivity index (χ3v) is 7.15. The molecule has 2 N–H and O–H groups in total. The van der Waals surface area contributed by atoms with Gasteiger partial charge in [0.05, 0.1) is 0 Å². The summed E-state index contributed by atoms with van der Waals surface area (Å²) in [4.78, 5) is 38.4. The number of hydrogen-bond donors (Lipinski definition) is 2. The van der Waals surface area contributed by atoms with Gasteiger partial charge in [0.25, 0.3) is 0 Å². The molecule has 35 heavy (non-hydrogen) atoms. The zero-order valence-corrected chi connectivity index (χ0v) is 20.6. The molecule has 186 valence electrons. The number of rotatable bonds is 7. The van der Waals surface area contributed by atoms with Crippen molar-refractivity contribution in [2.75, 3.05) is 13.2 Å². The Morgan fingerprint density at radius 2 is 1.60 bits per heavy atom. The summed E-state index contributed by atoms with van der Waals surface area (Å²) in [6.45, 7) is 5.39. The molecule has 2 aromatic rings. The Balaban J connectivity index is 1.36. The van der Waals surface area contributed by atoms with Gasteiger partial charge in [0, 0.05) is 23.9 Å². The first-order valence-electron chi connectivity index (χ1n) is 12.3. The lowest BCUT2D eigenvalue weighted by molar-refractivity contribution is -0.148. The topological polar surface area (TPSA) is 95.9 Å². The third kappa shape index (κ3) is 5.50. The van der Waals surface area contributed by atoms with E-state index < -0.39 is 17.6 Å². The number of carboxylic acids is 1. The summed E-state index contributed by atoms with van der Waals surface area (Å²) in [6.07, 6.45) is 2.22. The standard InChI is InChI=1S/C28H34N2O5/c1-28(2,3)30(16-26(32)33)25(31)15-18-9-8-14-24(18)29-27(34)35-17-23-21-12-6-4-10-19(21)20-11-5-7-13-22(20)23/h4-7,10-13,18,23-24H,8-9,14-17H2,1-3H3,(H,29,34)(H,32,33)/t18-,24+/m0/s1. The quantitative estimate of drug-likeness (QED) is 0.596. The van der Waals surface area contributed by atoms with Gasteiger partial charge in [-0.1, -0.05) is 55.0 Å². The number of carbonyl (C=O) groups excluding carboxylic acids is 2. The highest BCUT2D eigenvalue weighted by Crippen LogP contribution is 2.44. The maximum absolute atomic E-state index is 13.0. The number of nitrogens with zero attached hydrogens (tertiary/aromatic N) is 1. The molecule has 1 fully saturated rings. The van der Waals surface area contributed by atoms with Crippen molar-refractivity contribution >= 4 is 18.0 Å². The second-order valence-electron chi connectivity index (χ2n) is 10.5. The fourth-order valence-corrected chi connectivity index (χ4v) is 5.43. The molecule has 4 rings (SSSR count). The van der Waals surface area contributed by atoms with Crippen molar-refractivity contribution in [1.82, 2.24) is 10.2 Å². The molecule has 0 aliphatic heterocycles. The molecule has 0 radical (unpaired) electrons. The normalized spacial score (nSPS) is 19.1. The molecule has 7 heteroatoms. The predicted octanol–water partition coefficient (Wildman–Crippen LogP) is 4.80. The van der Waals surface area contributed by atoms with Crippen LogP contribution in [-0.4, -0.2) is 52.7 Å². The Kier molecular flexibility index (Phi) is 7.15. The summed E-state index contributed by atoms with van der Waals surface area (Å²) in [5.41, 5.74) is 4.08. The Hall–Kier alpha value is -3.35. The monoisotopic (exact) mass is 478 g/mol. The Bertz CT molecular complexity index is 1060. The van der Waals surface area contributed by atoms with Crippen molar-refractivity contribution < 1.29 is 24.2 Å². The van der Waals surface area contributed by atoms with Crippen molar-refractivity contribution in [1.29, 1.82) is 0 Å². The molecule has 0 saturated heterocycles. The van der Waals surface area contributed by atoms with Crippen molar-refractivity contribution in [2.45, 2.75) is 64.0 Å². The Morgan fingerprint density at radius 3 is 2.17 bits per heavy atom. The van der Waals surface area contributed by atoms with Gasteiger partial charge in [-0.05, 0) is 61.8 Å². The molecule has 2 aromatic carbocycles. The van der Waals surface area contributed by atoms with Gasteiger partial charge in [-0.25, -0.2) is 4.79 Å². The summed E-state index contributed by atoms with van der Waals surface area (Å²) in [6, 6.07) is 16.2. The summed E-state index contributed by atoms with van der Waals surface area (Å²) >= 11 is 0. The molecule has 2 aliphatic rings. The van der Waals surface area contributed by atoms with E-state index in [9.17, 15) is 19.5 Å². The lowest BCUT2D eigenvalue weighted by atomic mass is 9.96. The number of aliphatic carboxylic acids is 1. The number of carbonyl (C=O) groups is 3. The number of benzene rings is 2. The van der Waals surface area contributed by atoms with Gasteiger partial charge in [0.15, 0.2) is 0 Å². The summed E-state index contributed by atoms with van der Waals surface area (Å²) in [5.74, 6) is -1.29. The smallest absolute Gasteiger partial charge is 0.407 e. The van der Waals surface area contributed by atoms with Crippen LogP contribution in [0.2, 0.25) is 0 Å². The zero-order chi connectivity index (χ0) is 25.2. The first kappa shape index (κ1) is 24.8. The number of nitrogens with one attached hydrogen (secondary N) is 1. The fourth-order valence-electron chi connectivity index (χ4n) is 5.43. The van der Waals surface area contributed by atoms with Gasteiger partial charge in [0.2, 0.25) is 5.91 Å². The molecule has 0 heterocycles. The van der Waals surface area contributed by atoms with Crippen LogP contribution in [0.15, 0.2) is 48.5 Å². The maximum atomic E-state index is 13.0. The molecule has 2 atom stereocenters. The second-order valence-corrected chi connectivity index (χ2v) is 10.5. The van der Waals surface area contributed by atoms with Crippen molar-refractivity contribution in [3.8, 4) is 11.1 Å². The van der Waals surface area contributed by atoms with E-state index in [0.717, 1.165) is 30.4 Å². The minimum atomic E-state index is -1.03. The van der Waals surface area contributed by atoms with Gasteiger partial charge >= 0.3 is 12.1 Å². The highest BCUT2D eigenvalue weighted by Gasteiger charge is 2.36. The first-order chi connectivity index (χ1) is 16.6. The number of fused-ring (bicyclic) bond motifs is 3. The summed E-state index contributed by atoms with van der Waals surface area (Å²) in [7, 11) is 0. The molecule has 0 aromatic heterocycles. The van der Waals surface area contributed by atoms with Crippen LogP contribution in [0.1, 0.15) is 63.5 Å². The van der Waals surface area contributed by atoms with E-state index in [1.165, 1.54) is 16.0 Å². The van der Waals surface area contributed by atoms with Crippen LogP contribution in [0, 0.1) is 5.92 Å². The molecule has 0 spiro atoms. The molecular formula is C28H34N2O5. The highest BCUT2D eigenvalue weighted by molar-refractivity contribution is 5.82. The average molecular weight is 479 g/mol. The van der Waals surface area contributed by atoms with Gasteiger partial charge in [-0.3, -0.25) is 9.59 Å². The molecular weight excluding hydrogens is 444 g/mol. The Morgan fingerprint density at radius 1 is 1.00 bits per heavy atom. The summed E-state index contributed by atoms with van der Waals surface area (Å²) < 4.78 is 5.69. The SMILES string of the molecule is CC(C)(C)N(CC(=O)O)C(=O)C[C@@H]1CCC[C@H]1NC(=O)OCC1c2ccccc2-c2ccccc21. The van der Waals surface area contributed by atoms with Crippen LogP contribution in [0.5, 0.6) is 0 Å². The molecule has 2 amide bonds. The van der Waals surface area contributed by atoms with Crippen LogP contribution in [-0.2, 0) is 14.3 Å². The molecule has 0 unspecified atom stereocenters. The van der Waals surface area contributed by atoms with Gasteiger partial charge in [-0.2, -0.15) is 0 Å².